The van der Waals surface area contributed by atoms with E-state index in [0.29, 0.717) is 0 Å². The third kappa shape index (κ3) is 3.39. The van der Waals surface area contributed by atoms with Gasteiger partial charge in [-0.2, -0.15) is 0 Å². The molecule has 0 saturated carbocycles. The third-order valence-electron chi connectivity index (χ3n) is 3.63. The first-order chi connectivity index (χ1) is 9.47. The van der Waals surface area contributed by atoms with Gasteiger partial charge in [0, 0.05) is 46.1 Å². The Morgan fingerprint density at radius 1 is 1.15 bits per heavy atom. The van der Waals surface area contributed by atoms with E-state index in [0.717, 1.165) is 18.9 Å². The molecule has 0 aliphatic carbocycles. The van der Waals surface area contributed by atoms with Gasteiger partial charge in [-0.3, -0.25) is 4.90 Å². The Labute approximate surface area is 121 Å². The summed E-state index contributed by atoms with van der Waals surface area (Å²) >= 11 is 0. The normalized spacial score (nSPS) is 11.1. The second kappa shape index (κ2) is 6.09. The fourth-order valence-corrected chi connectivity index (χ4v) is 2.27. The highest BCUT2D eigenvalue weighted by atomic mass is 15.1. The SMILES string of the molecule is Cc1ncc(CN(C)Cc2cccc(N(C)C)c2)n1C. The Hall–Kier alpha value is -1.81. The molecule has 0 unspecified atom stereocenters. The minimum atomic E-state index is 0.906. The molecule has 1 aromatic carbocycles. The Morgan fingerprint density at radius 2 is 1.90 bits per heavy atom. The van der Waals surface area contributed by atoms with Gasteiger partial charge in [0.25, 0.3) is 0 Å². The lowest BCUT2D eigenvalue weighted by Gasteiger charge is -2.19. The number of rotatable bonds is 5. The van der Waals surface area contributed by atoms with Crippen LogP contribution in [0.3, 0.4) is 0 Å². The number of hydrogen-bond donors (Lipinski definition) is 0. The Bertz CT molecular complexity index is 572. The standard InChI is InChI=1S/C16H24N4/c1-13-17-10-16(20(13)5)12-19(4)11-14-7-6-8-15(9-14)18(2)3/h6-10H,11-12H2,1-5H3. The Kier molecular flexibility index (Phi) is 4.45. The van der Waals surface area contributed by atoms with Crippen LogP contribution in [0.25, 0.3) is 0 Å². The highest BCUT2D eigenvalue weighted by molar-refractivity contribution is 5.47. The van der Waals surface area contributed by atoms with Crippen molar-refractivity contribution in [2.24, 2.45) is 7.05 Å². The predicted molar refractivity (Wildman–Crippen MR) is 83.9 cm³/mol. The largest absolute Gasteiger partial charge is 0.378 e. The molecule has 0 saturated heterocycles. The molecule has 0 aliphatic rings. The van der Waals surface area contributed by atoms with Gasteiger partial charge in [0.15, 0.2) is 0 Å². The van der Waals surface area contributed by atoms with Gasteiger partial charge in [0.2, 0.25) is 0 Å². The highest BCUT2D eigenvalue weighted by Gasteiger charge is 2.07. The van der Waals surface area contributed by atoms with Gasteiger partial charge in [-0.1, -0.05) is 12.1 Å². The monoisotopic (exact) mass is 272 g/mol. The number of benzene rings is 1. The molecule has 0 spiro atoms. The number of aryl methyl sites for hydroxylation is 1. The zero-order valence-corrected chi connectivity index (χ0v) is 13.1. The van der Waals surface area contributed by atoms with Gasteiger partial charge in [0.1, 0.15) is 5.82 Å². The third-order valence-corrected chi connectivity index (χ3v) is 3.63. The van der Waals surface area contributed by atoms with E-state index in [1.807, 2.05) is 13.1 Å². The second-order valence-electron chi connectivity index (χ2n) is 5.59. The Balaban J connectivity index is 2.02. The van der Waals surface area contributed by atoms with Crippen molar-refractivity contribution < 1.29 is 0 Å². The van der Waals surface area contributed by atoms with Crippen LogP contribution in [0.15, 0.2) is 30.5 Å². The summed E-state index contributed by atoms with van der Waals surface area (Å²) in [6.45, 7) is 3.87. The van der Waals surface area contributed by atoms with Crippen molar-refractivity contribution in [2.75, 3.05) is 26.0 Å². The predicted octanol–water partition coefficient (Wildman–Crippen LogP) is 2.43. The quantitative estimate of drug-likeness (QED) is 0.835. The van der Waals surface area contributed by atoms with Crippen molar-refractivity contribution in [1.82, 2.24) is 14.5 Å². The molecule has 0 fully saturated rings. The van der Waals surface area contributed by atoms with Gasteiger partial charge in [-0.15, -0.1) is 0 Å². The van der Waals surface area contributed by atoms with Crippen LogP contribution >= 0.6 is 0 Å². The van der Waals surface area contributed by atoms with Crippen LogP contribution in [0.5, 0.6) is 0 Å². The molecular weight excluding hydrogens is 248 g/mol. The van der Waals surface area contributed by atoms with E-state index in [9.17, 15) is 0 Å². The van der Waals surface area contributed by atoms with Crippen molar-refractivity contribution in [3.8, 4) is 0 Å². The van der Waals surface area contributed by atoms with Crippen LogP contribution in [0.2, 0.25) is 0 Å². The number of anilines is 1. The molecule has 20 heavy (non-hydrogen) atoms. The fourth-order valence-electron chi connectivity index (χ4n) is 2.27. The molecule has 2 rings (SSSR count). The van der Waals surface area contributed by atoms with Crippen LogP contribution in [0, 0.1) is 6.92 Å². The van der Waals surface area contributed by atoms with E-state index >= 15 is 0 Å². The molecule has 0 atom stereocenters. The zero-order valence-electron chi connectivity index (χ0n) is 13.1. The molecule has 108 valence electrons. The molecule has 1 heterocycles. The van der Waals surface area contributed by atoms with E-state index in [1.165, 1.54) is 16.9 Å². The average molecular weight is 272 g/mol. The van der Waals surface area contributed by atoms with Gasteiger partial charge in [-0.25, -0.2) is 4.98 Å². The first-order valence-electron chi connectivity index (χ1n) is 6.89. The number of aromatic nitrogens is 2. The summed E-state index contributed by atoms with van der Waals surface area (Å²) in [6, 6.07) is 8.67. The van der Waals surface area contributed by atoms with Crippen molar-refractivity contribution >= 4 is 5.69 Å². The average Bonchev–Trinajstić information content (AvgIpc) is 2.71. The molecule has 0 amide bonds. The van der Waals surface area contributed by atoms with Crippen molar-refractivity contribution in [1.29, 1.82) is 0 Å². The van der Waals surface area contributed by atoms with Crippen LogP contribution < -0.4 is 4.90 Å². The minimum absolute atomic E-state index is 0.906. The molecular formula is C16H24N4. The summed E-state index contributed by atoms with van der Waals surface area (Å²) in [7, 11) is 8.35. The molecule has 0 radical (unpaired) electrons. The maximum absolute atomic E-state index is 4.34. The molecule has 0 N–H and O–H groups in total. The zero-order chi connectivity index (χ0) is 14.7. The number of imidazole rings is 1. The van der Waals surface area contributed by atoms with E-state index in [2.05, 4.69) is 71.8 Å². The van der Waals surface area contributed by atoms with E-state index in [4.69, 9.17) is 0 Å². The molecule has 4 heteroatoms. The molecule has 0 aliphatic heterocycles. The van der Waals surface area contributed by atoms with Crippen LogP contribution in [0.4, 0.5) is 5.69 Å². The van der Waals surface area contributed by atoms with E-state index < -0.39 is 0 Å². The van der Waals surface area contributed by atoms with E-state index in [-0.39, 0.29) is 0 Å². The van der Waals surface area contributed by atoms with Gasteiger partial charge in [-0.05, 0) is 31.7 Å². The van der Waals surface area contributed by atoms with Crippen molar-refractivity contribution in [2.45, 2.75) is 20.0 Å². The summed E-state index contributed by atoms with van der Waals surface area (Å²) in [5.41, 5.74) is 3.82. The van der Waals surface area contributed by atoms with E-state index in [1.54, 1.807) is 0 Å². The smallest absolute Gasteiger partial charge is 0.105 e. The van der Waals surface area contributed by atoms with Gasteiger partial charge >= 0.3 is 0 Å². The molecule has 2 aromatic rings. The lowest BCUT2D eigenvalue weighted by atomic mass is 10.2. The molecule has 1 aromatic heterocycles. The number of hydrogen-bond acceptors (Lipinski definition) is 3. The summed E-state index contributed by atoms with van der Waals surface area (Å²) in [6.07, 6.45) is 1.96. The van der Waals surface area contributed by atoms with Crippen molar-refractivity contribution in [3.63, 3.8) is 0 Å². The summed E-state index contributed by atoms with van der Waals surface area (Å²) in [5.74, 6) is 1.06. The number of nitrogens with zero attached hydrogens (tertiary/aromatic N) is 4. The topological polar surface area (TPSA) is 24.3 Å². The highest BCUT2D eigenvalue weighted by Crippen LogP contribution is 2.15. The molecule has 4 nitrogen and oxygen atoms in total. The van der Waals surface area contributed by atoms with Gasteiger partial charge in [0.05, 0.1) is 5.69 Å². The lowest BCUT2D eigenvalue weighted by molar-refractivity contribution is 0.311. The van der Waals surface area contributed by atoms with Crippen LogP contribution in [0.1, 0.15) is 17.1 Å². The lowest BCUT2D eigenvalue weighted by Crippen LogP contribution is -2.19. The van der Waals surface area contributed by atoms with Crippen LogP contribution in [-0.2, 0) is 20.1 Å². The summed E-state index contributed by atoms with van der Waals surface area (Å²) in [5, 5.41) is 0. The van der Waals surface area contributed by atoms with Crippen molar-refractivity contribution in [3.05, 3.63) is 47.5 Å². The Morgan fingerprint density at radius 3 is 2.50 bits per heavy atom. The minimum Gasteiger partial charge on any atom is -0.378 e. The first kappa shape index (κ1) is 14.6. The maximum atomic E-state index is 4.34. The molecule has 0 bridgehead atoms. The maximum Gasteiger partial charge on any atom is 0.105 e. The summed E-state index contributed by atoms with van der Waals surface area (Å²) in [4.78, 5) is 8.79. The van der Waals surface area contributed by atoms with Crippen LogP contribution in [-0.4, -0.2) is 35.6 Å². The summed E-state index contributed by atoms with van der Waals surface area (Å²) < 4.78 is 2.15. The van der Waals surface area contributed by atoms with Gasteiger partial charge < -0.3 is 9.47 Å². The first-order valence-corrected chi connectivity index (χ1v) is 6.89. The second-order valence-corrected chi connectivity index (χ2v) is 5.59. The fraction of sp³-hybridized carbons (Fsp3) is 0.438.